The number of aromatic nitrogens is 2. The average Bonchev–Trinajstić information content (AvgIpc) is 2.79. The zero-order valence-electron chi connectivity index (χ0n) is 20.1. The van der Waals surface area contributed by atoms with Crippen molar-refractivity contribution in [2.45, 2.75) is 38.5 Å². The molecule has 0 amide bonds. The molecule has 32 heavy (non-hydrogen) atoms. The van der Waals surface area contributed by atoms with E-state index in [4.69, 9.17) is 0 Å². The standard InChI is InChI=1S/C30H34N2/c1-29(2,27-17-7-9-19-31(27)5)25-15-11-13-23(21-25)24-14-12-16-26(22-24)30(3,4)28-18-8-10-20-32(28)6/h7-22H,1-6H3/q+2. The lowest BCUT2D eigenvalue weighted by Crippen LogP contribution is -2.40. The maximum Gasteiger partial charge on any atom is 0.191 e. The van der Waals surface area contributed by atoms with Crippen LogP contribution in [0.1, 0.15) is 50.2 Å². The first-order valence-corrected chi connectivity index (χ1v) is 11.3. The number of pyridine rings is 2. The van der Waals surface area contributed by atoms with Gasteiger partial charge in [-0.15, -0.1) is 0 Å². The summed E-state index contributed by atoms with van der Waals surface area (Å²) in [6.07, 6.45) is 4.24. The second-order valence-electron chi connectivity index (χ2n) is 9.81. The molecule has 0 aliphatic carbocycles. The minimum atomic E-state index is -0.0965. The Hall–Kier alpha value is -3.26. The van der Waals surface area contributed by atoms with Gasteiger partial charge < -0.3 is 0 Å². The van der Waals surface area contributed by atoms with Gasteiger partial charge in [0.2, 0.25) is 0 Å². The molecule has 162 valence electrons. The van der Waals surface area contributed by atoms with Gasteiger partial charge >= 0.3 is 0 Å². The zero-order chi connectivity index (χ0) is 22.9. The van der Waals surface area contributed by atoms with Gasteiger partial charge in [-0.05, 0) is 49.9 Å². The van der Waals surface area contributed by atoms with Crippen LogP contribution in [0.25, 0.3) is 11.1 Å². The highest BCUT2D eigenvalue weighted by Crippen LogP contribution is 2.35. The first kappa shape index (κ1) is 22.0. The van der Waals surface area contributed by atoms with Crippen molar-refractivity contribution in [3.63, 3.8) is 0 Å². The van der Waals surface area contributed by atoms with E-state index in [0.717, 1.165) is 0 Å². The largest absolute Gasteiger partial charge is 0.204 e. The molecule has 0 bridgehead atoms. The Labute approximate surface area is 192 Å². The van der Waals surface area contributed by atoms with Crippen LogP contribution in [0.2, 0.25) is 0 Å². The fraction of sp³-hybridized carbons (Fsp3) is 0.267. The smallest absolute Gasteiger partial charge is 0.191 e. The Bertz CT molecular complexity index is 1150. The molecule has 0 N–H and O–H groups in total. The lowest BCUT2D eigenvalue weighted by atomic mass is 9.78. The zero-order valence-corrected chi connectivity index (χ0v) is 20.1. The average molecular weight is 423 g/mol. The summed E-state index contributed by atoms with van der Waals surface area (Å²) in [7, 11) is 4.24. The lowest BCUT2D eigenvalue weighted by Gasteiger charge is -2.24. The number of benzene rings is 2. The van der Waals surface area contributed by atoms with Crippen LogP contribution in [0.15, 0.2) is 97.3 Å². The highest BCUT2D eigenvalue weighted by molar-refractivity contribution is 5.66. The van der Waals surface area contributed by atoms with Crippen molar-refractivity contribution in [2.75, 3.05) is 0 Å². The fourth-order valence-corrected chi connectivity index (χ4v) is 4.82. The Balaban J connectivity index is 1.75. The predicted octanol–water partition coefficient (Wildman–Crippen LogP) is 5.65. The summed E-state index contributed by atoms with van der Waals surface area (Å²) in [6.45, 7) is 9.21. The number of hydrogen-bond donors (Lipinski definition) is 0. The minimum Gasteiger partial charge on any atom is -0.204 e. The first-order chi connectivity index (χ1) is 15.2. The lowest BCUT2D eigenvalue weighted by molar-refractivity contribution is -0.682. The molecule has 0 saturated carbocycles. The summed E-state index contributed by atoms with van der Waals surface area (Å²) in [5.41, 5.74) is 7.54. The Morgan fingerprint density at radius 3 is 1.28 bits per heavy atom. The van der Waals surface area contributed by atoms with Gasteiger partial charge in [0.15, 0.2) is 23.8 Å². The third kappa shape index (κ3) is 3.98. The van der Waals surface area contributed by atoms with E-state index in [9.17, 15) is 0 Å². The SMILES string of the molecule is C[n+]1ccccc1C(C)(C)c1cccc(-c2cccc(C(C)(C)c3cccc[n+]3C)c2)c1. The molecule has 2 heteroatoms. The molecule has 2 aromatic heterocycles. The third-order valence-corrected chi connectivity index (χ3v) is 6.89. The highest BCUT2D eigenvalue weighted by Gasteiger charge is 2.32. The van der Waals surface area contributed by atoms with Crippen LogP contribution >= 0.6 is 0 Å². The molecule has 0 radical (unpaired) electrons. The van der Waals surface area contributed by atoms with Crippen molar-refractivity contribution in [3.8, 4) is 11.1 Å². The topological polar surface area (TPSA) is 7.76 Å². The maximum atomic E-state index is 2.35. The summed E-state index contributed by atoms with van der Waals surface area (Å²) in [6, 6.07) is 30.8. The molecule has 2 aromatic carbocycles. The van der Waals surface area contributed by atoms with Crippen LogP contribution in [-0.4, -0.2) is 0 Å². The van der Waals surface area contributed by atoms with Crippen molar-refractivity contribution >= 4 is 0 Å². The predicted molar refractivity (Wildman–Crippen MR) is 131 cm³/mol. The van der Waals surface area contributed by atoms with Crippen molar-refractivity contribution in [2.24, 2.45) is 14.1 Å². The van der Waals surface area contributed by atoms with Gasteiger partial charge in [0.25, 0.3) is 0 Å². The molecule has 0 aliphatic heterocycles. The molecule has 2 heterocycles. The first-order valence-electron chi connectivity index (χ1n) is 11.3. The van der Waals surface area contributed by atoms with Gasteiger partial charge in [0, 0.05) is 24.3 Å². The quantitative estimate of drug-likeness (QED) is 0.367. The van der Waals surface area contributed by atoms with Crippen LogP contribution in [0.4, 0.5) is 0 Å². The Morgan fingerprint density at radius 2 is 0.906 bits per heavy atom. The number of aryl methyl sites for hydroxylation is 2. The summed E-state index contributed by atoms with van der Waals surface area (Å²) >= 11 is 0. The summed E-state index contributed by atoms with van der Waals surface area (Å²) in [4.78, 5) is 0. The van der Waals surface area contributed by atoms with Crippen molar-refractivity contribution in [1.29, 1.82) is 0 Å². The van der Waals surface area contributed by atoms with E-state index in [0.29, 0.717) is 0 Å². The monoisotopic (exact) mass is 422 g/mol. The van der Waals surface area contributed by atoms with Crippen LogP contribution < -0.4 is 9.13 Å². The molecule has 0 atom stereocenters. The van der Waals surface area contributed by atoms with E-state index < -0.39 is 0 Å². The van der Waals surface area contributed by atoms with Crippen molar-refractivity contribution in [3.05, 3.63) is 120 Å². The van der Waals surface area contributed by atoms with Gasteiger partial charge in [-0.25, -0.2) is 9.13 Å². The maximum absolute atomic E-state index is 2.35. The van der Waals surface area contributed by atoms with Crippen LogP contribution in [-0.2, 0) is 24.9 Å². The van der Waals surface area contributed by atoms with Gasteiger partial charge in [0.1, 0.15) is 14.1 Å². The van der Waals surface area contributed by atoms with E-state index in [2.05, 4.69) is 148 Å². The van der Waals surface area contributed by atoms with E-state index in [-0.39, 0.29) is 10.8 Å². The second-order valence-corrected chi connectivity index (χ2v) is 9.81. The van der Waals surface area contributed by atoms with Crippen LogP contribution in [0, 0.1) is 0 Å². The Kier molecular flexibility index (Phi) is 5.73. The van der Waals surface area contributed by atoms with Gasteiger partial charge in [-0.1, -0.05) is 60.7 Å². The molecule has 4 aromatic rings. The number of rotatable bonds is 5. The summed E-state index contributed by atoms with van der Waals surface area (Å²) < 4.78 is 4.44. The molecule has 0 unspecified atom stereocenters. The fourth-order valence-electron chi connectivity index (χ4n) is 4.82. The molecular formula is C30H34N2+2. The highest BCUT2D eigenvalue weighted by atomic mass is 14.9. The van der Waals surface area contributed by atoms with Gasteiger partial charge in [-0.3, -0.25) is 0 Å². The van der Waals surface area contributed by atoms with E-state index in [1.54, 1.807) is 0 Å². The summed E-state index contributed by atoms with van der Waals surface area (Å²) in [5, 5.41) is 0. The van der Waals surface area contributed by atoms with Gasteiger partial charge in [-0.2, -0.15) is 0 Å². The Morgan fingerprint density at radius 1 is 0.500 bits per heavy atom. The van der Waals surface area contributed by atoms with Gasteiger partial charge in [0.05, 0.1) is 10.8 Å². The molecule has 4 rings (SSSR count). The van der Waals surface area contributed by atoms with Crippen molar-refractivity contribution < 1.29 is 9.13 Å². The molecular weight excluding hydrogens is 388 g/mol. The second kappa shape index (κ2) is 8.35. The number of nitrogens with zero attached hydrogens (tertiary/aromatic N) is 2. The third-order valence-electron chi connectivity index (χ3n) is 6.89. The molecule has 0 fully saturated rings. The normalized spacial score (nSPS) is 12.1. The van der Waals surface area contributed by atoms with E-state index >= 15 is 0 Å². The summed E-state index contributed by atoms with van der Waals surface area (Å²) in [5.74, 6) is 0. The van der Waals surface area contributed by atoms with E-state index in [1.807, 2.05) is 0 Å². The molecule has 0 aliphatic rings. The molecule has 0 spiro atoms. The number of hydrogen-bond acceptors (Lipinski definition) is 0. The molecule has 2 nitrogen and oxygen atoms in total. The molecule has 0 saturated heterocycles. The van der Waals surface area contributed by atoms with Crippen LogP contribution in [0.5, 0.6) is 0 Å². The van der Waals surface area contributed by atoms with Crippen molar-refractivity contribution in [1.82, 2.24) is 0 Å². The van der Waals surface area contributed by atoms with Crippen LogP contribution in [0.3, 0.4) is 0 Å². The van der Waals surface area contributed by atoms with E-state index in [1.165, 1.54) is 33.6 Å². The minimum absolute atomic E-state index is 0.0965.